The quantitative estimate of drug-likeness (QED) is 0.859. The van der Waals surface area contributed by atoms with Gasteiger partial charge in [-0.25, -0.2) is 4.39 Å². The molecule has 0 bridgehead atoms. The van der Waals surface area contributed by atoms with Crippen LogP contribution in [0.1, 0.15) is 20.8 Å². The molecule has 1 aromatic rings. The highest BCUT2D eigenvalue weighted by atomic mass is 35.5. The Morgan fingerprint density at radius 1 is 1.37 bits per heavy atom. The second kappa shape index (κ2) is 4.49. The number of amides is 2. The van der Waals surface area contributed by atoms with E-state index in [1.54, 1.807) is 20.8 Å². The van der Waals surface area contributed by atoms with Crippen molar-refractivity contribution in [2.24, 2.45) is 0 Å². The predicted molar refractivity (Wildman–Crippen MR) is 70.6 cm³/mol. The predicted octanol–water partition coefficient (Wildman–Crippen LogP) is 2.11. The molecule has 0 aliphatic carbocycles. The molecule has 1 fully saturated rings. The van der Waals surface area contributed by atoms with Crippen molar-refractivity contribution < 1.29 is 14.0 Å². The van der Waals surface area contributed by atoms with Gasteiger partial charge in [-0.2, -0.15) is 0 Å². The summed E-state index contributed by atoms with van der Waals surface area (Å²) in [6.07, 6.45) is 0. The summed E-state index contributed by atoms with van der Waals surface area (Å²) >= 11 is 5.72. The summed E-state index contributed by atoms with van der Waals surface area (Å²) in [6.45, 7) is 4.86. The van der Waals surface area contributed by atoms with Crippen molar-refractivity contribution in [1.82, 2.24) is 5.32 Å². The fourth-order valence-electron chi connectivity index (χ4n) is 2.04. The molecule has 1 aliphatic heterocycles. The van der Waals surface area contributed by atoms with E-state index in [4.69, 9.17) is 11.6 Å². The van der Waals surface area contributed by atoms with Crippen molar-refractivity contribution >= 4 is 29.1 Å². The number of rotatable bonds is 1. The molecule has 1 atom stereocenters. The minimum Gasteiger partial charge on any atom is -0.340 e. The van der Waals surface area contributed by atoms with Crippen LogP contribution in [-0.2, 0) is 9.59 Å². The third-order valence-electron chi connectivity index (χ3n) is 3.14. The Kier molecular flexibility index (Phi) is 3.26. The van der Waals surface area contributed by atoms with Gasteiger partial charge in [0.05, 0.1) is 5.02 Å². The first-order valence-corrected chi connectivity index (χ1v) is 6.22. The Balaban J connectivity index is 2.48. The van der Waals surface area contributed by atoms with E-state index in [1.807, 2.05) is 0 Å². The van der Waals surface area contributed by atoms with E-state index >= 15 is 0 Å². The van der Waals surface area contributed by atoms with Crippen molar-refractivity contribution in [2.45, 2.75) is 32.4 Å². The lowest BCUT2D eigenvalue weighted by Crippen LogP contribution is -2.67. The summed E-state index contributed by atoms with van der Waals surface area (Å²) in [4.78, 5) is 25.6. The zero-order valence-electron chi connectivity index (χ0n) is 10.8. The summed E-state index contributed by atoms with van der Waals surface area (Å²) in [5.41, 5.74) is -0.586. The number of nitrogens with one attached hydrogen (secondary N) is 1. The summed E-state index contributed by atoms with van der Waals surface area (Å²) in [7, 11) is 0. The van der Waals surface area contributed by atoms with Gasteiger partial charge in [0.15, 0.2) is 0 Å². The van der Waals surface area contributed by atoms with Crippen LogP contribution >= 0.6 is 11.6 Å². The van der Waals surface area contributed by atoms with Crippen molar-refractivity contribution in [3.8, 4) is 0 Å². The number of carbonyl (C=O) groups is 2. The van der Waals surface area contributed by atoms with Crippen LogP contribution in [0, 0.1) is 5.82 Å². The molecule has 0 saturated carbocycles. The molecule has 1 heterocycles. The monoisotopic (exact) mass is 284 g/mol. The van der Waals surface area contributed by atoms with E-state index in [2.05, 4.69) is 5.32 Å². The van der Waals surface area contributed by atoms with Gasteiger partial charge in [-0.05, 0) is 39.0 Å². The minimum atomic E-state index is -0.996. The van der Waals surface area contributed by atoms with Gasteiger partial charge in [0, 0.05) is 5.69 Å². The number of benzene rings is 1. The topological polar surface area (TPSA) is 49.4 Å². The first kappa shape index (κ1) is 13.8. The molecule has 1 aromatic carbocycles. The molecule has 2 rings (SSSR count). The van der Waals surface area contributed by atoms with Gasteiger partial charge in [-0.3, -0.25) is 14.5 Å². The molecular weight excluding hydrogens is 271 g/mol. The highest BCUT2D eigenvalue weighted by Crippen LogP contribution is 2.28. The third-order valence-corrected chi connectivity index (χ3v) is 3.43. The number of anilines is 1. The van der Waals surface area contributed by atoms with Gasteiger partial charge in [-0.15, -0.1) is 0 Å². The molecule has 1 saturated heterocycles. The lowest BCUT2D eigenvalue weighted by Gasteiger charge is -2.41. The van der Waals surface area contributed by atoms with Crippen molar-refractivity contribution in [3.05, 3.63) is 29.0 Å². The molecule has 0 radical (unpaired) electrons. The van der Waals surface area contributed by atoms with Crippen molar-refractivity contribution in [1.29, 1.82) is 0 Å². The average Bonchev–Trinajstić information content (AvgIpc) is 2.31. The Labute approximate surface area is 115 Å². The van der Waals surface area contributed by atoms with Crippen LogP contribution in [0.4, 0.5) is 10.1 Å². The summed E-state index contributed by atoms with van der Waals surface area (Å²) < 4.78 is 13.2. The van der Waals surface area contributed by atoms with Crippen molar-refractivity contribution in [3.63, 3.8) is 0 Å². The maximum Gasteiger partial charge on any atom is 0.252 e. The maximum absolute atomic E-state index is 13.2. The lowest BCUT2D eigenvalue weighted by molar-refractivity contribution is -0.136. The molecular formula is C13H14ClFN2O2. The average molecular weight is 285 g/mol. The van der Waals surface area contributed by atoms with Crippen LogP contribution in [0.25, 0.3) is 0 Å². The van der Waals surface area contributed by atoms with E-state index in [1.165, 1.54) is 23.1 Å². The SMILES string of the molecule is CC1C(=O)NC(C)(C)C(=O)N1c1ccc(F)c(Cl)c1. The van der Waals surface area contributed by atoms with E-state index in [-0.39, 0.29) is 16.8 Å². The van der Waals surface area contributed by atoms with Crippen LogP contribution in [0.5, 0.6) is 0 Å². The van der Waals surface area contributed by atoms with Gasteiger partial charge in [0.1, 0.15) is 17.4 Å². The second-order valence-corrected chi connectivity index (χ2v) is 5.47. The normalized spacial score (nSPS) is 22.4. The molecule has 1 aliphatic rings. The zero-order valence-corrected chi connectivity index (χ0v) is 11.6. The Hall–Kier alpha value is -1.62. The number of hydrogen-bond donors (Lipinski definition) is 1. The molecule has 102 valence electrons. The van der Waals surface area contributed by atoms with E-state index < -0.39 is 17.4 Å². The molecule has 4 nitrogen and oxygen atoms in total. The largest absolute Gasteiger partial charge is 0.340 e. The van der Waals surface area contributed by atoms with Crippen LogP contribution in [0.15, 0.2) is 18.2 Å². The highest BCUT2D eigenvalue weighted by molar-refractivity contribution is 6.31. The Morgan fingerprint density at radius 2 is 2.00 bits per heavy atom. The van der Waals surface area contributed by atoms with Gasteiger partial charge in [0.25, 0.3) is 5.91 Å². The number of hydrogen-bond acceptors (Lipinski definition) is 2. The highest BCUT2D eigenvalue weighted by Gasteiger charge is 2.44. The number of nitrogens with zero attached hydrogens (tertiary/aromatic N) is 1. The fraction of sp³-hybridized carbons (Fsp3) is 0.385. The third kappa shape index (κ3) is 2.30. The molecule has 0 spiro atoms. The Bertz CT molecular complexity index is 560. The summed E-state index contributed by atoms with van der Waals surface area (Å²) in [6, 6.07) is 3.29. The Morgan fingerprint density at radius 3 is 2.58 bits per heavy atom. The van der Waals surface area contributed by atoms with Crippen LogP contribution in [0.3, 0.4) is 0 Å². The van der Waals surface area contributed by atoms with Crippen LogP contribution in [0.2, 0.25) is 5.02 Å². The molecule has 6 heteroatoms. The van der Waals surface area contributed by atoms with E-state index in [9.17, 15) is 14.0 Å². The van der Waals surface area contributed by atoms with Crippen LogP contribution in [-0.4, -0.2) is 23.4 Å². The molecule has 0 aromatic heterocycles. The summed E-state index contributed by atoms with van der Waals surface area (Å²) in [5.74, 6) is -1.08. The number of halogens is 2. The van der Waals surface area contributed by atoms with Crippen molar-refractivity contribution in [2.75, 3.05) is 4.90 Å². The first-order valence-electron chi connectivity index (χ1n) is 5.85. The lowest BCUT2D eigenvalue weighted by atomic mass is 9.96. The van der Waals surface area contributed by atoms with Gasteiger partial charge < -0.3 is 5.32 Å². The zero-order chi connectivity index (χ0) is 14.4. The molecule has 1 unspecified atom stereocenters. The van der Waals surface area contributed by atoms with E-state index in [0.29, 0.717) is 5.69 Å². The van der Waals surface area contributed by atoms with Gasteiger partial charge >= 0.3 is 0 Å². The first-order chi connectivity index (χ1) is 8.74. The smallest absolute Gasteiger partial charge is 0.252 e. The summed E-state index contributed by atoms with van der Waals surface area (Å²) in [5, 5.41) is 2.56. The molecule has 1 N–H and O–H groups in total. The number of piperazine rings is 1. The fourth-order valence-corrected chi connectivity index (χ4v) is 2.21. The van der Waals surface area contributed by atoms with Gasteiger partial charge in [-0.1, -0.05) is 11.6 Å². The maximum atomic E-state index is 13.2. The molecule has 19 heavy (non-hydrogen) atoms. The van der Waals surface area contributed by atoms with Crippen LogP contribution < -0.4 is 10.2 Å². The van der Waals surface area contributed by atoms with Gasteiger partial charge in [0.2, 0.25) is 5.91 Å². The van der Waals surface area contributed by atoms with E-state index in [0.717, 1.165) is 0 Å². The molecule has 2 amide bonds. The standard InChI is InChI=1S/C13H14ClFN2O2/c1-7-11(18)16-13(2,3)12(19)17(7)8-4-5-10(15)9(14)6-8/h4-7H,1-3H3,(H,16,18). The number of carbonyl (C=O) groups excluding carboxylic acids is 2. The second-order valence-electron chi connectivity index (χ2n) is 5.06. The minimum absolute atomic E-state index is 0.0821.